The first-order chi connectivity index (χ1) is 10.7. The third-order valence-electron chi connectivity index (χ3n) is 3.86. The number of nitrogens with one attached hydrogen (secondary N) is 1. The molecule has 0 amide bonds. The van der Waals surface area contributed by atoms with Gasteiger partial charge in [-0.3, -0.25) is 10.1 Å². The van der Waals surface area contributed by atoms with Gasteiger partial charge in [-0.25, -0.2) is 4.68 Å². The largest absolute Gasteiger partial charge is 0.497 e. The number of carbonyl (C=O) groups is 1. The van der Waals surface area contributed by atoms with Crippen LogP contribution < -0.4 is 10.1 Å². The Kier molecular flexibility index (Phi) is 3.96. The van der Waals surface area contributed by atoms with Gasteiger partial charge < -0.3 is 9.47 Å². The molecule has 116 valence electrons. The average Bonchev–Trinajstić information content (AvgIpc) is 2.95. The second-order valence-corrected chi connectivity index (χ2v) is 5.20. The van der Waals surface area contributed by atoms with E-state index in [4.69, 9.17) is 9.47 Å². The molecule has 1 aliphatic rings. The molecular formula is C16H19N3O3. The van der Waals surface area contributed by atoms with Crippen molar-refractivity contribution in [2.45, 2.75) is 19.6 Å². The van der Waals surface area contributed by atoms with E-state index in [2.05, 4.69) is 10.4 Å². The van der Waals surface area contributed by atoms with Crippen LogP contribution in [-0.2, 0) is 11.2 Å². The molecule has 2 heterocycles. The number of ether oxygens (including phenoxy) is 2. The molecule has 0 saturated carbocycles. The number of aromatic nitrogens is 2. The van der Waals surface area contributed by atoms with Gasteiger partial charge in [0.05, 0.1) is 18.5 Å². The average molecular weight is 301 g/mol. The molecule has 1 aromatic carbocycles. The van der Waals surface area contributed by atoms with Gasteiger partial charge in [0.1, 0.15) is 11.4 Å². The lowest BCUT2D eigenvalue weighted by atomic mass is 10.0. The van der Waals surface area contributed by atoms with Crippen molar-refractivity contribution in [3.8, 4) is 11.4 Å². The van der Waals surface area contributed by atoms with Crippen LogP contribution in [0.3, 0.4) is 0 Å². The molecule has 6 nitrogen and oxygen atoms in total. The Hall–Kier alpha value is -2.18. The number of benzene rings is 1. The fraction of sp³-hybridized carbons (Fsp3) is 0.375. The maximum Gasteiger partial charge on any atom is 0.180 e. The number of Topliss-reactive ketones (excluding diaryl/α,β-unsaturated/α-hetero) is 1. The molecule has 3 rings (SSSR count). The van der Waals surface area contributed by atoms with Crippen molar-refractivity contribution in [1.82, 2.24) is 15.1 Å². The quantitative estimate of drug-likeness (QED) is 0.873. The van der Waals surface area contributed by atoms with Gasteiger partial charge in [-0.05, 0) is 30.7 Å². The van der Waals surface area contributed by atoms with Crippen LogP contribution >= 0.6 is 0 Å². The molecule has 0 bridgehead atoms. The van der Waals surface area contributed by atoms with E-state index in [0.717, 1.165) is 35.7 Å². The molecular weight excluding hydrogens is 282 g/mol. The Morgan fingerprint density at radius 1 is 1.32 bits per heavy atom. The van der Waals surface area contributed by atoms with Gasteiger partial charge in [-0.1, -0.05) is 0 Å². The van der Waals surface area contributed by atoms with Crippen LogP contribution in [0.2, 0.25) is 0 Å². The van der Waals surface area contributed by atoms with Crippen LogP contribution in [0, 0.1) is 0 Å². The summed E-state index contributed by atoms with van der Waals surface area (Å²) in [5.74, 6) is 0.748. The summed E-state index contributed by atoms with van der Waals surface area (Å²) in [5, 5.41) is 7.81. The van der Waals surface area contributed by atoms with Gasteiger partial charge in [-0.15, -0.1) is 0 Å². The Morgan fingerprint density at radius 2 is 2.05 bits per heavy atom. The number of fused-ring (bicyclic) bond motifs is 1. The molecule has 1 aromatic heterocycles. The van der Waals surface area contributed by atoms with Gasteiger partial charge >= 0.3 is 0 Å². The summed E-state index contributed by atoms with van der Waals surface area (Å²) in [5.41, 5.74) is 3.25. The van der Waals surface area contributed by atoms with E-state index < -0.39 is 0 Å². The first kappa shape index (κ1) is 14.7. The minimum Gasteiger partial charge on any atom is -0.497 e. The monoisotopic (exact) mass is 301 g/mol. The van der Waals surface area contributed by atoms with Gasteiger partial charge in [-0.2, -0.15) is 5.10 Å². The van der Waals surface area contributed by atoms with Crippen LogP contribution in [0.1, 0.15) is 34.9 Å². The molecule has 0 radical (unpaired) electrons. The van der Waals surface area contributed by atoms with E-state index in [1.54, 1.807) is 25.8 Å². The van der Waals surface area contributed by atoms with Crippen molar-refractivity contribution in [2.24, 2.45) is 0 Å². The Bertz CT molecular complexity index is 691. The molecule has 6 heteroatoms. The Balaban J connectivity index is 2.15. The van der Waals surface area contributed by atoms with Crippen LogP contribution in [0.15, 0.2) is 24.3 Å². The van der Waals surface area contributed by atoms with Gasteiger partial charge in [0.15, 0.2) is 12.0 Å². The number of hydrogen-bond acceptors (Lipinski definition) is 5. The lowest BCUT2D eigenvalue weighted by Crippen LogP contribution is -2.32. The summed E-state index contributed by atoms with van der Waals surface area (Å²) >= 11 is 0. The highest BCUT2D eigenvalue weighted by Crippen LogP contribution is 2.29. The highest BCUT2D eigenvalue weighted by molar-refractivity contribution is 5.94. The van der Waals surface area contributed by atoms with Crippen molar-refractivity contribution in [2.75, 3.05) is 20.8 Å². The van der Waals surface area contributed by atoms with Crippen molar-refractivity contribution >= 4 is 5.78 Å². The zero-order chi connectivity index (χ0) is 15.7. The van der Waals surface area contributed by atoms with E-state index >= 15 is 0 Å². The first-order valence-electron chi connectivity index (χ1n) is 7.19. The van der Waals surface area contributed by atoms with Gasteiger partial charge in [0.25, 0.3) is 0 Å². The molecule has 22 heavy (non-hydrogen) atoms. The Morgan fingerprint density at radius 3 is 2.64 bits per heavy atom. The van der Waals surface area contributed by atoms with Crippen LogP contribution in [0.5, 0.6) is 5.75 Å². The van der Waals surface area contributed by atoms with Crippen molar-refractivity contribution in [3.63, 3.8) is 0 Å². The molecule has 1 atom stereocenters. The Labute approximate surface area is 129 Å². The molecule has 0 aliphatic carbocycles. The standard InChI is InChI=1S/C16H19N3O3/c1-10(20)14-13-8-9-17-16(22-3)15(13)19(18-14)11-4-6-12(21-2)7-5-11/h4-7,16-17H,8-9H2,1-3H3. The zero-order valence-electron chi connectivity index (χ0n) is 12.9. The lowest BCUT2D eigenvalue weighted by molar-refractivity contribution is 0.0630. The number of hydrogen-bond donors (Lipinski definition) is 1. The van der Waals surface area contributed by atoms with E-state index in [9.17, 15) is 4.79 Å². The van der Waals surface area contributed by atoms with E-state index in [-0.39, 0.29) is 12.0 Å². The second-order valence-electron chi connectivity index (χ2n) is 5.20. The van der Waals surface area contributed by atoms with Crippen LogP contribution in [0.4, 0.5) is 0 Å². The van der Waals surface area contributed by atoms with Gasteiger partial charge in [0, 0.05) is 26.1 Å². The molecule has 1 unspecified atom stereocenters. The summed E-state index contributed by atoms with van der Waals surface area (Å²) in [6.45, 7) is 2.31. The molecule has 1 aliphatic heterocycles. The highest BCUT2D eigenvalue weighted by Gasteiger charge is 2.30. The first-order valence-corrected chi connectivity index (χ1v) is 7.19. The van der Waals surface area contributed by atoms with Crippen LogP contribution in [-0.4, -0.2) is 36.3 Å². The van der Waals surface area contributed by atoms with Crippen LogP contribution in [0.25, 0.3) is 5.69 Å². The highest BCUT2D eigenvalue weighted by atomic mass is 16.5. The van der Waals surface area contributed by atoms with Crippen molar-refractivity contribution in [3.05, 3.63) is 41.2 Å². The number of carbonyl (C=O) groups excluding carboxylic acids is 1. The third kappa shape index (κ3) is 2.40. The summed E-state index contributed by atoms with van der Waals surface area (Å²) in [6.07, 6.45) is 0.492. The lowest BCUT2D eigenvalue weighted by Gasteiger charge is -2.24. The number of methoxy groups -OCH3 is 2. The van der Waals surface area contributed by atoms with E-state index in [1.165, 1.54) is 0 Å². The summed E-state index contributed by atoms with van der Waals surface area (Å²) in [6, 6.07) is 7.57. The summed E-state index contributed by atoms with van der Waals surface area (Å²) in [4.78, 5) is 11.9. The number of ketones is 1. The molecule has 1 N–H and O–H groups in total. The minimum absolute atomic E-state index is 0.0275. The van der Waals surface area contributed by atoms with E-state index in [1.807, 2.05) is 24.3 Å². The second kappa shape index (κ2) is 5.90. The maximum absolute atomic E-state index is 11.9. The predicted molar refractivity (Wildman–Crippen MR) is 81.6 cm³/mol. The smallest absolute Gasteiger partial charge is 0.180 e. The summed E-state index contributed by atoms with van der Waals surface area (Å²) in [7, 11) is 3.27. The predicted octanol–water partition coefficient (Wildman–Crippen LogP) is 1.87. The SMILES string of the molecule is COc1ccc(-n2nc(C(C)=O)c3c2C(OC)NCC3)cc1. The molecule has 0 saturated heterocycles. The van der Waals surface area contributed by atoms with Crippen molar-refractivity contribution in [1.29, 1.82) is 0 Å². The van der Waals surface area contributed by atoms with E-state index in [0.29, 0.717) is 5.69 Å². The third-order valence-corrected chi connectivity index (χ3v) is 3.86. The fourth-order valence-corrected chi connectivity index (χ4v) is 2.80. The number of rotatable bonds is 4. The molecule has 0 spiro atoms. The van der Waals surface area contributed by atoms with Gasteiger partial charge in [0.2, 0.25) is 0 Å². The molecule has 2 aromatic rings. The zero-order valence-corrected chi connectivity index (χ0v) is 12.9. The normalized spacial score (nSPS) is 17.1. The number of nitrogens with zero attached hydrogens (tertiary/aromatic N) is 2. The van der Waals surface area contributed by atoms with Crippen molar-refractivity contribution < 1.29 is 14.3 Å². The minimum atomic E-state index is -0.272. The summed E-state index contributed by atoms with van der Waals surface area (Å²) < 4.78 is 12.5. The fourth-order valence-electron chi connectivity index (χ4n) is 2.80. The molecule has 0 fully saturated rings. The maximum atomic E-state index is 11.9. The topological polar surface area (TPSA) is 65.4 Å².